The van der Waals surface area contributed by atoms with Gasteiger partial charge in [-0.05, 0) is 36.2 Å². The van der Waals surface area contributed by atoms with Crippen molar-refractivity contribution in [1.29, 1.82) is 0 Å². The Labute approximate surface area is 176 Å². The summed E-state index contributed by atoms with van der Waals surface area (Å²) in [4.78, 5) is 29.9. The summed E-state index contributed by atoms with van der Waals surface area (Å²) in [5.74, 6) is -1.37. The largest absolute Gasteiger partial charge is 0.355 e. The van der Waals surface area contributed by atoms with E-state index < -0.39 is 19.2 Å². The standard InChI is InChI=1S/C21H19FN3O3PS/c1-13-5-7-15(8-6-13)18-11-17-20(23-12-24-21(17)30-18)25-19(29(26,27)28)10-14-3-2-4-16(22)9-14/h2-9,11-12,19H,10H2,1H3,(H,23,24,25)(H2,26,27,28). The molecule has 2 aromatic carbocycles. The van der Waals surface area contributed by atoms with Crippen LogP contribution in [0.2, 0.25) is 0 Å². The van der Waals surface area contributed by atoms with Gasteiger partial charge in [-0.3, -0.25) is 4.57 Å². The molecule has 4 rings (SSSR count). The monoisotopic (exact) mass is 443 g/mol. The molecule has 30 heavy (non-hydrogen) atoms. The number of hydrogen-bond donors (Lipinski definition) is 3. The topological polar surface area (TPSA) is 95.3 Å². The molecule has 0 aliphatic carbocycles. The molecule has 6 nitrogen and oxygen atoms in total. The predicted molar refractivity (Wildman–Crippen MR) is 117 cm³/mol. The number of thiophene rings is 1. The van der Waals surface area contributed by atoms with Crippen LogP contribution in [-0.2, 0) is 11.0 Å². The van der Waals surface area contributed by atoms with Gasteiger partial charge in [-0.25, -0.2) is 14.4 Å². The molecule has 0 aliphatic rings. The molecule has 0 amide bonds. The molecule has 3 N–H and O–H groups in total. The van der Waals surface area contributed by atoms with E-state index >= 15 is 0 Å². The molecular weight excluding hydrogens is 424 g/mol. The van der Waals surface area contributed by atoms with Gasteiger partial charge in [0, 0.05) is 11.3 Å². The minimum Gasteiger partial charge on any atom is -0.355 e. The Balaban J connectivity index is 1.68. The van der Waals surface area contributed by atoms with Gasteiger partial charge in [0.05, 0.1) is 5.39 Å². The van der Waals surface area contributed by atoms with Crippen LogP contribution < -0.4 is 5.32 Å². The lowest BCUT2D eigenvalue weighted by Gasteiger charge is -2.21. The number of rotatable bonds is 6. The van der Waals surface area contributed by atoms with Gasteiger partial charge in [0.25, 0.3) is 0 Å². The minimum absolute atomic E-state index is 0.0531. The lowest BCUT2D eigenvalue weighted by Crippen LogP contribution is -2.23. The molecule has 154 valence electrons. The molecule has 1 atom stereocenters. The zero-order valence-electron chi connectivity index (χ0n) is 16.0. The number of nitrogens with one attached hydrogen (secondary N) is 1. The molecule has 2 aromatic heterocycles. The van der Waals surface area contributed by atoms with Crippen molar-refractivity contribution >= 4 is 35.0 Å². The average Bonchev–Trinajstić information content (AvgIpc) is 3.12. The fourth-order valence-corrected chi connectivity index (χ4v) is 4.87. The number of fused-ring (bicyclic) bond motifs is 1. The summed E-state index contributed by atoms with van der Waals surface area (Å²) in [6, 6.07) is 15.7. The van der Waals surface area contributed by atoms with Crippen LogP contribution in [0.25, 0.3) is 20.7 Å². The molecule has 0 saturated heterocycles. The first-order valence-electron chi connectivity index (χ1n) is 9.17. The predicted octanol–water partition coefficient (Wildman–Crippen LogP) is 4.96. The maximum absolute atomic E-state index is 13.5. The van der Waals surface area contributed by atoms with Crippen LogP contribution in [0, 0.1) is 12.7 Å². The zero-order valence-corrected chi connectivity index (χ0v) is 17.7. The van der Waals surface area contributed by atoms with Crippen molar-refractivity contribution in [1.82, 2.24) is 9.97 Å². The first-order valence-corrected chi connectivity index (χ1v) is 11.7. The molecule has 0 bridgehead atoms. The van der Waals surface area contributed by atoms with Crippen molar-refractivity contribution in [3.05, 3.63) is 77.9 Å². The third-order valence-corrected chi connectivity index (χ3v) is 6.91. The number of aromatic nitrogens is 2. The summed E-state index contributed by atoms with van der Waals surface area (Å²) in [6.07, 6.45) is 1.31. The Morgan fingerprint density at radius 3 is 2.60 bits per heavy atom. The molecule has 0 saturated carbocycles. The van der Waals surface area contributed by atoms with Crippen molar-refractivity contribution in [2.45, 2.75) is 19.1 Å². The SMILES string of the molecule is Cc1ccc(-c2cc3c(NC(Cc4cccc(F)c4)P(=O)(O)O)ncnc3s2)cc1. The van der Waals surface area contributed by atoms with E-state index in [9.17, 15) is 18.7 Å². The number of benzene rings is 2. The van der Waals surface area contributed by atoms with Crippen molar-refractivity contribution in [3.8, 4) is 10.4 Å². The Morgan fingerprint density at radius 2 is 1.90 bits per heavy atom. The van der Waals surface area contributed by atoms with Crippen LogP contribution in [0.15, 0.2) is 60.9 Å². The van der Waals surface area contributed by atoms with Crippen LogP contribution >= 0.6 is 18.9 Å². The van der Waals surface area contributed by atoms with Crippen molar-refractivity contribution in [2.75, 3.05) is 5.32 Å². The maximum atomic E-state index is 13.5. The number of hydrogen-bond acceptors (Lipinski definition) is 5. The number of aryl methyl sites for hydroxylation is 1. The second kappa shape index (κ2) is 8.24. The molecular formula is C21H19FN3O3PS. The van der Waals surface area contributed by atoms with Crippen LogP contribution in [0.3, 0.4) is 0 Å². The van der Waals surface area contributed by atoms with Gasteiger partial charge in [-0.1, -0.05) is 42.0 Å². The number of anilines is 1. The summed E-state index contributed by atoms with van der Waals surface area (Å²) in [6.45, 7) is 2.02. The van der Waals surface area contributed by atoms with E-state index in [1.165, 1.54) is 35.9 Å². The molecule has 9 heteroatoms. The smallest absolute Gasteiger partial charge is 0.347 e. The number of nitrogens with zero attached hydrogens (tertiary/aromatic N) is 2. The van der Waals surface area contributed by atoms with Gasteiger partial charge in [0.15, 0.2) is 0 Å². The first-order chi connectivity index (χ1) is 14.3. The normalized spacial score (nSPS) is 12.8. The van der Waals surface area contributed by atoms with Crippen LogP contribution in [0.4, 0.5) is 10.2 Å². The number of halogens is 1. The highest BCUT2D eigenvalue weighted by molar-refractivity contribution is 7.52. The molecule has 4 aromatic rings. The third-order valence-electron chi connectivity index (χ3n) is 4.69. The lowest BCUT2D eigenvalue weighted by atomic mass is 10.1. The fraction of sp³-hybridized carbons (Fsp3) is 0.143. The lowest BCUT2D eigenvalue weighted by molar-refractivity contribution is 0.361. The summed E-state index contributed by atoms with van der Waals surface area (Å²) in [5.41, 5.74) is 2.66. The Hall–Kier alpha value is -2.64. The Morgan fingerprint density at radius 1 is 1.13 bits per heavy atom. The van der Waals surface area contributed by atoms with E-state index in [-0.39, 0.29) is 6.42 Å². The third kappa shape index (κ3) is 4.57. The van der Waals surface area contributed by atoms with Gasteiger partial charge >= 0.3 is 7.60 Å². The highest BCUT2D eigenvalue weighted by Crippen LogP contribution is 2.44. The quantitative estimate of drug-likeness (QED) is 0.365. The molecule has 0 aliphatic heterocycles. The molecule has 0 radical (unpaired) electrons. The highest BCUT2D eigenvalue weighted by atomic mass is 32.1. The van der Waals surface area contributed by atoms with E-state index in [0.29, 0.717) is 21.6 Å². The minimum atomic E-state index is -4.55. The highest BCUT2D eigenvalue weighted by Gasteiger charge is 2.30. The van der Waals surface area contributed by atoms with Gasteiger partial charge in [-0.2, -0.15) is 0 Å². The Bertz CT molecular complexity index is 1240. The second-order valence-electron chi connectivity index (χ2n) is 7.00. The van der Waals surface area contributed by atoms with E-state index in [1.807, 2.05) is 37.3 Å². The Kier molecular flexibility index (Phi) is 5.66. The van der Waals surface area contributed by atoms with Gasteiger partial charge < -0.3 is 15.1 Å². The summed E-state index contributed by atoms with van der Waals surface area (Å²) >= 11 is 1.48. The van der Waals surface area contributed by atoms with Crippen molar-refractivity contribution < 1.29 is 18.7 Å². The fourth-order valence-electron chi connectivity index (χ4n) is 3.13. The first kappa shape index (κ1) is 20.6. The summed E-state index contributed by atoms with van der Waals surface area (Å²) in [5, 5.41) is 3.55. The van der Waals surface area contributed by atoms with E-state index in [4.69, 9.17) is 0 Å². The van der Waals surface area contributed by atoms with Gasteiger partial charge in [0.1, 0.15) is 28.6 Å². The van der Waals surface area contributed by atoms with E-state index in [2.05, 4.69) is 15.3 Å². The van der Waals surface area contributed by atoms with Crippen molar-refractivity contribution in [2.24, 2.45) is 0 Å². The van der Waals surface area contributed by atoms with Gasteiger partial charge in [-0.15, -0.1) is 11.3 Å². The van der Waals surface area contributed by atoms with Gasteiger partial charge in [0.2, 0.25) is 0 Å². The zero-order chi connectivity index (χ0) is 21.3. The molecule has 2 heterocycles. The molecule has 1 unspecified atom stereocenters. The van der Waals surface area contributed by atoms with E-state index in [1.54, 1.807) is 6.07 Å². The summed E-state index contributed by atoms with van der Waals surface area (Å²) < 4.78 is 25.6. The maximum Gasteiger partial charge on any atom is 0.347 e. The molecule has 0 spiro atoms. The second-order valence-corrected chi connectivity index (χ2v) is 9.83. The molecule has 0 fully saturated rings. The summed E-state index contributed by atoms with van der Waals surface area (Å²) in [7, 11) is -4.55. The van der Waals surface area contributed by atoms with Crippen molar-refractivity contribution in [3.63, 3.8) is 0 Å². The van der Waals surface area contributed by atoms with E-state index in [0.717, 1.165) is 16.0 Å². The average molecular weight is 443 g/mol. The van der Waals surface area contributed by atoms with Crippen LogP contribution in [-0.4, -0.2) is 25.5 Å². The van der Waals surface area contributed by atoms with Crippen LogP contribution in [0.1, 0.15) is 11.1 Å². The van der Waals surface area contributed by atoms with Crippen LogP contribution in [0.5, 0.6) is 0 Å².